The highest BCUT2D eigenvalue weighted by molar-refractivity contribution is 5.23. The standard InChI is InChI=1S/C12H16FN3O5/c13-8-9(18)12(5-17,6-2-4-20-6)21-10(8)16-3-1-7(14)15-11(16)19/h1,3,6,8-10,17-18H,2,4-5H2,(H2,14,15,19)/t6?,8?,9?,10?,12-/m0/s1. The molecule has 2 fully saturated rings. The van der Waals surface area contributed by atoms with Crippen LogP contribution in [-0.2, 0) is 9.47 Å². The Hall–Kier alpha value is -1.55. The summed E-state index contributed by atoms with van der Waals surface area (Å²) < 4.78 is 26.0. The van der Waals surface area contributed by atoms with Crippen molar-refractivity contribution in [2.24, 2.45) is 0 Å². The lowest BCUT2D eigenvalue weighted by atomic mass is 9.86. The first kappa shape index (κ1) is 14.4. The van der Waals surface area contributed by atoms with E-state index in [1.54, 1.807) is 0 Å². The molecule has 3 rings (SSSR count). The largest absolute Gasteiger partial charge is 0.393 e. The number of anilines is 1. The van der Waals surface area contributed by atoms with Crippen molar-refractivity contribution >= 4 is 5.82 Å². The summed E-state index contributed by atoms with van der Waals surface area (Å²) >= 11 is 0. The first-order valence-corrected chi connectivity index (χ1v) is 6.56. The van der Waals surface area contributed by atoms with E-state index < -0.39 is 42.5 Å². The summed E-state index contributed by atoms with van der Waals surface area (Å²) in [5.74, 6) is 0.000881. The van der Waals surface area contributed by atoms with Crippen molar-refractivity contribution in [1.82, 2.24) is 9.55 Å². The number of hydrogen-bond acceptors (Lipinski definition) is 7. The zero-order valence-electron chi connectivity index (χ0n) is 11.1. The van der Waals surface area contributed by atoms with E-state index in [0.717, 1.165) is 4.57 Å². The summed E-state index contributed by atoms with van der Waals surface area (Å²) in [6.45, 7) is -0.166. The summed E-state index contributed by atoms with van der Waals surface area (Å²) in [6, 6.07) is 1.32. The van der Waals surface area contributed by atoms with E-state index in [1.165, 1.54) is 12.3 Å². The van der Waals surface area contributed by atoms with E-state index in [-0.39, 0.29) is 5.82 Å². The van der Waals surface area contributed by atoms with Gasteiger partial charge in [0.15, 0.2) is 12.4 Å². The fraction of sp³-hybridized carbons (Fsp3) is 0.667. The third kappa shape index (κ3) is 2.04. The molecule has 116 valence electrons. The van der Waals surface area contributed by atoms with Crippen molar-refractivity contribution < 1.29 is 24.1 Å². The van der Waals surface area contributed by atoms with Crippen LogP contribution in [0.5, 0.6) is 0 Å². The predicted octanol–water partition coefficient (Wildman–Crippen LogP) is -1.43. The van der Waals surface area contributed by atoms with Crippen LogP contribution in [0.3, 0.4) is 0 Å². The van der Waals surface area contributed by atoms with Crippen LogP contribution in [0, 0.1) is 0 Å². The molecule has 1 aromatic rings. The van der Waals surface area contributed by atoms with Gasteiger partial charge in [-0.15, -0.1) is 0 Å². The highest BCUT2D eigenvalue weighted by Gasteiger charge is 2.61. The van der Waals surface area contributed by atoms with Gasteiger partial charge in [-0.2, -0.15) is 4.98 Å². The molecule has 0 bridgehead atoms. The second-order valence-corrected chi connectivity index (χ2v) is 5.20. The maximum absolute atomic E-state index is 14.4. The molecule has 3 heterocycles. The molecule has 0 saturated carbocycles. The highest BCUT2D eigenvalue weighted by Crippen LogP contribution is 2.44. The number of nitrogen functional groups attached to an aromatic ring is 1. The van der Waals surface area contributed by atoms with Crippen LogP contribution in [-0.4, -0.2) is 57.0 Å². The fourth-order valence-corrected chi connectivity index (χ4v) is 2.73. The molecule has 1 aromatic heterocycles. The van der Waals surface area contributed by atoms with Crippen LogP contribution in [0.2, 0.25) is 0 Å². The number of aliphatic hydroxyl groups is 2. The van der Waals surface area contributed by atoms with Gasteiger partial charge in [0, 0.05) is 12.8 Å². The Morgan fingerprint density at radius 3 is 2.86 bits per heavy atom. The smallest absolute Gasteiger partial charge is 0.351 e. The Bertz CT molecular complexity index is 593. The number of rotatable bonds is 3. The summed E-state index contributed by atoms with van der Waals surface area (Å²) in [5, 5.41) is 19.7. The van der Waals surface area contributed by atoms with Gasteiger partial charge in [0.1, 0.15) is 17.5 Å². The van der Waals surface area contributed by atoms with Crippen molar-refractivity contribution in [3.05, 3.63) is 22.7 Å². The van der Waals surface area contributed by atoms with E-state index in [2.05, 4.69) is 4.98 Å². The van der Waals surface area contributed by atoms with E-state index >= 15 is 0 Å². The molecule has 4 unspecified atom stereocenters. The van der Waals surface area contributed by atoms with Gasteiger partial charge in [0.25, 0.3) is 0 Å². The highest BCUT2D eigenvalue weighted by atomic mass is 19.1. The van der Waals surface area contributed by atoms with Crippen molar-refractivity contribution in [3.8, 4) is 0 Å². The summed E-state index contributed by atoms with van der Waals surface area (Å²) in [5.41, 5.74) is 3.00. The molecule has 21 heavy (non-hydrogen) atoms. The number of alkyl halides is 1. The van der Waals surface area contributed by atoms with Gasteiger partial charge in [-0.1, -0.05) is 0 Å². The first-order chi connectivity index (χ1) is 9.99. The maximum Gasteiger partial charge on any atom is 0.351 e. The molecule has 0 spiro atoms. The van der Waals surface area contributed by atoms with Gasteiger partial charge in [-0.05, 0) is 12.5 Å². The molecule has 9 heteroatoms. The minimum Gasteiger partial charge on any atom is -0.393 e. The number of aliphatic hydroxyl groups excluding tert-OH is 2. The lowest BCUT2D eigenvalue weighted by Crippen LogP contribution is -2.59. The van der Waals surface area contributed by atoms with Crippen molar-refractivity contribution in [1.29, 1.82) is 0 Å². The van der Waals surface area contributed by atoms with Crippen LogP contribution in [0.15, 0.2) is 17.1 Å². The Labute approximate surface area is 118 Å². The molecule has 5 atom stereocenters. The molecule has 0 amide bonds. The van der Waals surface area contributed by atoms with Crippen LogP contribution < -0.4 is 11.4 Å². The average molecular weight is 301 g/mol. The van der Waals surface area contributed by atoms with Crippen molar-refractivity contribution in [3.63, 3.8) is 0 Å². The zero-order valence-corrected chi connectivity index (χ0v) is 11.1. The van der Waals surface area contributed by atoms with Crippen molar-refractivity contribution in [2.75, 3.05) is 18.9 Å². The second kappa shape index (κ2) is 5.02. The van der Waals surface area contributed by atoms with Gasteiger partial charge < -0.3 is 25.4 Å². The molecule has 2 saturated heterocycles. The van der Waals surface area contributed by atoms with E-state index in [1.807, 2.05) is 0 Å². The van der Waals surface area contributed by atoms with Gasteiger partial charge in [-0.25, -0.2) is 9.18 Å². The first-order valence-electron chi connectivity index (χ1n) is 6.56. The van der Waals surface area contributed by atoms with Crippen LogP contribution in [0.25, 0.3) is 0 Å². The fourth-order valence-electron chi connectivity index (χ4n) is 2.73. The number of ether oxygens (including phenoxy) is 2. The molecule has 2 aliphatic heterocycles. The number of aromatic nitrogens is 2. The lowest BCUT2D eigenvalue weighted by Gasteiger charge is -2.42. The quantitative estimate of drug-likeness (QED) is 0.626. The molecule has 4 N–H and O–H groups in total. The normalized spacial score (nSPS) is 39.2. The van der Waals surface area contributed by atoms with Crippen molar-refractivity contribution in [2.45, 2.75) is 36.6 Å². The zero-order chi connectivity index (χ0) is 15.2. The Balaban J connectivity index is 1.96. The number of nitrogens with two attached hydrogens (primary N) is 1. The van der Waals surface area contributed by atoms with E-state index in [9.17, 15) is 19.4 Å². The third-order valence-corrected chi connectivity index (χ3v) is 4.03. The molecule has 0 radical (unpaired) electrons. The molecule has 0 aromatic carbocycles. The number of hydrogen-bond donors (Lipinski definition) is 3. The number of halogens is 1. The van der Waals surface area contributed by atoms with Gasteiger partial charge in [0.05, 0.1) is 12.7 Å². The van der Waals surface area contributed by atoms with Gasteiger partial charge in [0.2, 0.25) is 0 Å². The van der Waals surface area contributed by atoms with Gasteiger partial charge in [-0.3, -0.25) is 4.57 Å². The summed E-state index contributed by atoms with van der Waals surface area (Å²) in [6.07, 6.45) is -3.74. The third-order valence-electron chi connectivity index (χ3n) is 4.03. The minimum atomic E-state index is -1.90. The molecular weight excluding hydrogens is 285 g/mol. The predicted molar refractivity (Wildman–Crippen MR) is 68.1 cm³/mol. The van der Waals surface area contributed by atoms with Crippen LogP contribution in [0.4, 0.5) is 10.2 Å². The second-order valence-electron chi connectivity index (χ2n) is 5.20. The number of nitrogens with zero attached hydrogens (tertiary/aromatic N) is 2. The Morgan fingerprint density at radius 1 is 1.62 bits per heavy atom. The Kier molecular flexibility index (Phi) is 3.44. The SMILES string of the molecule is Nc1ccn(C2O[C@@](CO)(C3CCO3)C(O)C2F)c(=O)n1. The van der Waals surface area contributed by atoms with E-state index in [4.69, 9.17) is 15.2 Å². The van der Waals surface area contributed by atoms with Gasteiger partial charge >= 0.3 is 5.69 Å². The summed E-state index contributed by atoms with van der Waals surface area (Å²) in [7, 11) is 0. The monoisotopic (exact) mass is 301 g/mol. The van der Waals surface area contributed by atoms with Crippen LogP contribution in [0.1, 0.15) is 12.6 Å². The van der Waals surface area contributed by atoms with Crippen LogP contribution >= 0.6 is 0 Å². The molecule has 0 aliphatic carbocycles. The average Bonchev–Trinajstić information content (AvgIpc) is 2.63. The molecular formula is C12H16FN3O5. The topological polar surface area (TPSA) is 120 Å². The van der Waals surface area contributed by atoms with E-state index in [0.29, 0.717) is 13.0 Å². The molecule has 2 aliphatic rings. The maximum atomic E-state index is 14.4. The lowest BCUT2D eigenvalue weighted by molar-refractivity contribution is -0.234. The minimum absolute atomic E-state index is 0.000881. The Morgan fingerprint density at radius 2 is 2.33 bits per heavy atom. The summed E-state index contributed by atoms with van der Waals surface area (Å²) in [4.78, 5) is 15.3. The molecule has 8 nitrogen and oxygen atoms in total.